The molecular formula is C21H22F3N5O4. The first-order valence-corrected chi connectivity index (χ1v) is 9.71. The van der Waals surface area contributed by atoms with Gasteiger partial charge in [0.2, 0.25) is 0 Å². The molecule has 0 fully saturated rings. The Kier molecular flexibility index (Phi) is 6.95. The number of benzene rings is 2. The van der Waals surface area contributed by atoms with Crippen LogP contribution in [0, 0.1) is 0 Å². The molecule has 2 amide bonds. The van der Waals surface area contributed by atoms with Crippen molar-refractivity contribution in [2.45, 2.75) is 12.7 Å². The number of halogens is 3. The Bertz CT molecular complexity index is 1180. The molecule has 0 atom stereocenters. The number of anilines is 1. The lowest BCUT2D eigenvalue weighted by molar-refractivity contribution is -0.137. The van der Waals surface area contributed by atoms with Gasteiger partial charge in [-0.15, -0.1) is 5.10 Å². The molecule has 33 heavy (non-hydrogen) atoms. The van der Waals surface area contributed by atoms with Crippen molar-refractivity contribution in [3.63, 3.8) is 0 Å². The minimum Gasteiger partial charge on any atom is -0.497 e. The van der Waals surface area contributed by atoms with Gasteiger partial charge in [0, 0.05) is 43.0 Å². The summed E-state index contributed by atoms with van der Waals surface area (Å²) in [5.41, 5.74) is -0.775. The lowest BCUT2D eigenvalue weighted by Gasteiger charge is -2.10. The van der Waals surface area contributed by atoms with Gasteiger partial charge < -0.3 is 20.1 Å². The van der Waals surface area contributed by atoms with Crippen LogP contribution in [0.15, 0.2) is 47.3 Å². The van der Waals surface area contributed by atoms with Crippen molar-refractivity contribution >= 4 is 11.7 Å². The molecule has 1 aromatic heterocycles. The molecule has 176 valence electrons. The molecule has 2 N–H and O–H groups in total. The predicted molar refractivity (Wildman–Crippen MR) is 114 cm³/mol. The van der Waals surface area contributed by atoms with E-state index in [0.717, 1.165) is 21.4 Å². The highest BCUT2D eigenvalue weighted by molar-refractivity contribution is 5.89. The van der Waals surface area contributed by atoms with E-state index in [2.05, 4.69) is 15.7 Å². The number of urea groups is 1. The van der Waals surface area contributed by atoms with Gasteiger partial charge in [0.25, 0.3) is 0 Å². The molecule has 3 rings (SSSR count). The van der Waals surface area contributed by atoms with E-state index in [1.54, 1.807) is 18.2 Å². The molecule has 0 aliphatic carbocycles. The Balaban J connectivity index is 1.66. The Morgan fingerprint density at radius 1 is 1.09 bits per heavy atom. The van der Waals surface area contributed by atoms with Crippen LogP contribution in [-0.2, 0) is 19.8 Å². The van der Waals surface area contributed by atoms with Crippen molar-refractivity contribution in [3.8, 4) is 22.9 Å². The lowest BCUT2D eigenvalue weighted by Crippen LogP contribution is -2.34. The summed E-state index contributed by atoms with van der Waals surface area (Å²) < 4.78 is 51.5. The van der Waals surface area contributed by atoms with Gasteiger partial charge in [0.1, 0.15) is 11.5 Å². The maximum Gasteiger partial charge on any atom is 0.416 e. The van der Waals surface area contributed by atoms with E-state index >= 15 is 0 Å². The quantitative estimate of drug-likeness (QED) is 0.559. The Morgan fingerprint density at radius 3 is 2.36 bits per heavy atom. The molecule has 0 bridgehead atoms. The standard InChI is InChI=1S/C21H22F3N5O4/c1-28-18(13-5-4-6-14(9-13)21(22,23)24)27-29(20(28)31)8-7-25-19(30)26-15-10-16(32-2)12-17(11-15)33-3/h4-6,9-12H,7-8H2,1-3H3,(H2,25,26,30). The summed E-state index contributed by atoms with van der Waals surface area (Å²) >= 11 is 0. The third kappa shape index (κ3) is 5.64. The number of hydrogen-bond acceptors (Lipinski definition) is 5. The first kappa shape index (κ1) is 23.7. The fourth-order valence-electron chi connectivity index (χ4n) is 3.05. The summed E-state index contributed by atoms with van der Waals surface area (Å²) in [6, 6.07) is 8.89. The predicted octanol–water partition coefficient (Wildman–Crippen LogP) is 3.11. The number of aromatic nitrogens is 3. The average Bonchev–Trinajstić information content (AvgIpc) is 3.07. The van der Waals surface area contributed by atoms with Crippen LogP contribution in [0.5, 0.6) is 11.5 Å². The van der Waals surface area contributed by atoms with Gasteiger partial charge >= 0.3 is 17.9 Å². The highest BCUT2D eigenvalue weighted by Gasteiger charge is 2.30. The van der Waals surface area contributed by atoms with Gasteiger partial charge in [-0.2, -0.15) is 13.2 Å². The zero-order valence-corrected chi connectivity index (χ0v) is 18.1. The van der Waals surface area contributed by atoms with E-state index in [9.17, 15) is 22.8 Å². The number of alkyl halides is 3. The summed E-state index contributed by atoms with van der Waals surface area (Å²) in [7, 11) is 4.38. The van der Waals surface area contributed by atoms with Gasteiger partial charge in [0.05, 0.1) is 26.3 Å². The second kappa shape index (κ2) is 9.67. The van der Waals surface area contributed by atoms with Crippen LogP contribution in [0.25, 0.3) is 11.4 Å². The Morgan fingerprint density at radius 2 is 1.76 bits per heavy atom. The van der Waals surface area contributed by atoms with Crippen molar-refractivity contribution < 1.29 is 27.4 Å². The van der Waals surface area contributed by atoms with Crippen molar-refractivity contribution in [1.82, 2.24) is 19.7 Å². The number of amides is 2. The number of ether oxygens (including phenoxy) is 2. The number of nitrogens with zero attached hydrogens (tertiary/aromatic N) is 3. The number of rotatable bonds is 7. The number of carbonyl (C=O) groups excluding carboxylic acids is 1. The summed E-state index contributed by atoms with van der Waals surface area (Å²) in [5.74, 6) is 1.07. The van der Waals surface area contributed by atoms with Gasteiger partial charge in [-0.3, -0.25) is 4.57 Å². The molecule has 12 heteroatoms. The Hall–Kier alpha value is -3.96. The molecule has 1 heterocycles. The second-order valence-electron chi connectivity index (χ2n) is 6.95. The number of nitrogens with one attached hydrogen (secondary N) is 2. The number of carbonyl (C=O) groups is 1. The first-order chi connectivity index (χ1) is 15.6. The molecule has 0 saturated heterocycles. The van der Waals surface area contributed by atoms with Crippen LogP contribution in [-0.4, -0.2) is 41.1 Å². The monoisotopic (exact) mass is 465 g/mol. The first-order valence-electron chi connectivity index (χ1n) is 9.71. The molecule has 3 aromatic rings. The molecule has 2 aromatic carbocycles. The zero-order valence-electron chi connectivity index (χ0n) is 18.1. The fourth-order valence-corrected chi connectivity index (χ4v) is 3.05. The smallest absolute Gasteiger partial charge is 0.416 e. The zero-order chi connectivity index (χ0) is 24.2. The summed E-state index contributed by atoms with van der Waals surface area (Å²) in [6.07, 6.45) is -4.51. The summed E-state index contributed by atoms with van der Waals surface area (Å²) in [5, 5.41) is 9.34. The average molecular weight is 465 g/mol. The van der Waals surface area contributed by atoms with Crippen LogP contribution < -0.4 is 25.8 Å². The lowest BCUT2D eigenvalue weighted by atomic mass is 10.1. The molecule has 0 aliphatic rings. The van der Waals surface area contributed by atoms with Crippen LogP contribution in [0.1, 0.15) is 5.56 Å². The SMILES string of the molecule is COc1cc(NC(=O)NCCn2nc(-c3cccc(C(F)(F)F)c3)n(C)c2=O)cc(OC)c1. The molecule has 0 aliphatic heterocycles. The largest absolute Gasteiger partial charge is 0.497 e. The van der Waals surface area contributed by atoms with E-state index in [1.807, 2.05) is 0 Å². The van der Waals surface area contributed by atoms with Crippen LogP contribution in [0.2, 0.25) is 0 Å². The van der Waals surface area contributed by atoms with Crippen molar-refractivity contribution in [3.05, 3.63) is 58.5 Å². The van der Waals surface area contributed by atoms with Crippen LogP contribution in [0.3, 0.4) is 0 Å². The third-order valence-corrected chi connectivity index (χ3v) is 4.71. The fraction of sp³-hybridized carbons (Fsp3) is 0.286. The van der Waals surface area contributed by atoms with E-state index in [0.29, 0.717) is 17.2 Å². The van der Waals surface area contributed by atoms with Gasteiger partial charge in [-0.1, -0.05) is 12.1 Å². The van der Waals surface area contributed by atoms with Crippen LogP contribution >= 0.6 is 0 Å². The molecular weight excluding hydrogens is 443 g/mol. The number of hydrogen-bond donors (Lipinski definition) is 2. The van der Waals surface area contributed by atoms with Gasteiger partial charge in [0.15, 0.2) is 5.82 Å². The van der Waals surface area contributed by atoms with E-state index in [4.69, 9.17) is 9.47 Å². The highest BCUT2D eigenvalue weighted by atomic mass is 19.4. The molecule has 0 unspecified atom stereocenters. The Labute approximate surface area is 186 Å². The van der Waals surface area contributed by atoms with Crippen molar-refractivity contribution in [2.24, 2.45) is 7.05 Å². The molecule has 9 nitrogen and oxygen atoms in total. The van der Waals surface area contributed by atoms with E-state index in [1.165, 1.54) is 33.4 Å². The highest BCUT2D eigenvalue weighted by Crippen LogP contribution is 2.31. The molecule has 0 radical (unpaired) electrons. The second-order valence-corrected chi connectivity index (χ2v) is 6.95. The van der Waals surface area contributed by atoms with Crippen molar-refractivity contribution in [2.75, 3.05) is 26.1 Å². The summed E-state index contributed by atoms with van der Waals surface area (Å²) in [6.45, 7) is 0.0619. The maximum absolute atomic E-state index is 13.0. The van der Waals surface area contributed by atoms with Crippen molar-refractivity contribution in [1.29, 1.82) is 0 Å². The van der Waals surface area contributed by atoms with E-state index < -0.39 is 23.5 Å². The maximum atomic E-state index is 13.0. The molecule has 0 spiro atoms. The van der Waals surface area contributed by atoms with Gasteiger partial charge in [-0.25, -0.2) is 14.3 Å². The van der Waals surface area contributed by atoms with Crippen LogP contribution in [0.4, 0.5) is 23.7 Å². The number of methoxy groups -OCH3 is 2. The minimum atomic E-state index is -4.51. The van der Waals surface area contributed by atoms with E-state index in [-0.39, 0.29) is 24.5 Å². The van der Waals surface area contributed by atoms with Gasteiger partial charge in [-0.05, 0) is 12.1 Å². The topological polar surface area (TPSA) is 99.4 Å². The molecule has 0 saturated carbocycles. The normalized spacial score (nSPS) is 11.2. The minimum absolute atomic E-state index is 0.0144. The summed E-state index contributed by atoms with van der Waals surface area (Å²) in [4.78, 5) is 24.6. The third-order valence-electron chi connectivity index (χ3n) is 4.71.